The first-order valence-electron chi connectivity index (χ1n) is 6.04. The van der Waals surface area contributed by atoms with Crippen LogP contribution in [0.4, 0.5) is 4.79 Å². The molecule has 0 spiro atoms. The van der Waals surface area contributed by atoms with Crippen LogP contribution >= 0.6 is 11.8 Å². The molecule has 11 heteroatoms. The number of thioether (sulfide) groups is 1. The summed E-state index contributed by atoms with van der Waals surface area (Å²) in [7, 11) is 0. The predicted molar refractivity (Wildman–Crippen MR) is 69.7 cm³/mol. The van der Waals surface area contributed by atoms with Gasteiger partial charge in [-0.3, -0.25) is 25.2 Å². The Labute approximate surface area is 122 Å². The van der Waals surface area contributed by atoms with Crippen molar-refractivity contribution in [3.8, 4) is 0 Å². The Morgan fingerprint density at radius 2 is 2.10 bits per heavy atom. The Balaban J connectivity index is 1.93. The van der Waals surface area contributed by atoms with Gasteiger partial charge in [-0.2, -0.15) is 4.99 Å². The highest BCUT2D eigenvalue weighted by Gasteiger charge is 2.54. The first-order valence-corrected chi connectivity index (χ1v) is 6.92. The van der Waals surface area contributed by atoms with E-state index < -0.39 is 53.5 Å². The molecule has 3 rings (SSSR count). The zero-order valence-corrected chi connectivity index (χ0v) is 11.3. The smallest absolute Gasteiger partial charge is 0.290 e. The van der Waals surface area contributed by atoms with E-state index in [-0.39, 0.29) is 5.84 Å². The van der Waals surface area contributed by atoms with E-state index in [4.69, 9.17) is 15.3 Å². The van der Waals surface area contributed by atoms with Gasteiger partial charge in [-0.1, -0.05) is 0 Å². The zero-order chi connectivity index (χ0) is 15.3. The van der Waals surface area contributed by atoms with Crippen molar-refractivity contribution < 1.29 is 29.6 Å². The topological polar surface area (TPSA) is 156 Å². The van der Waals surface area contributed by atoms with Crippen LogP contribution in [0.5, 0.6) is 0 Å². The lowest BCUT2D eigenvalue weighted by Gasteiger charge is -2.27. The van der Waals surface area contributed by atoms with Crippen LogP contribution in [0.3, 0.4) is 0 Å². The van der Waals surface area contributed by atoms with Crippen molar-refractivity contribution in [3.05, 3.63) is 0 Å². The number of nitrogens with zero attached hydrogens (tertiary/aromatic N) is 2. The summed E-state index contributed by atoms with van der Waals surface area (Å²) in [5.41, 5.74) is 0. The number of ether oxygens (including phenoxy) is 1. The third kappa shape index (κ3) is 2.13. The summed E-state index contributed by atoms with van der Waals surface area (Å²) in [5, 5.41) is 36.8. The molecule has 5 N–H and O–H groups in total. The second kappa shape index (κ2) is 5.03. The van der Waals surface area contributed by atoms with E-state index in [2.05, 4.69) is 10.3 Å². The lowest BCUT2D eigenvalue weighted by Crippen LogP contribution is -2.52. The number of aliphatic hydroxyl groups excluding tert-OH is 3. The van der Waals surface area contributed by atoms with Crippen molar-refractivity contribution in [2.75, 3.05) is 6.61 Å². The SMILES string of the molecule is N=C1N=C2C(SC(=O)N2C2OC(CO)C(O)C2O)C(=O)N1. The fraction of sp³-hybridized carbons (Fsp3) is 0.600. The van der Waals surface area contributed by atoms with Crippen LogP contribution in [0.15, 0.2) is 4.99 Å². The number of amides is 2. The van der Waals surface area contributed by atoms with Crippen LogP contribution in [0, 0.1) is 5.41 Å². The molecule has 2 fully saturated rings. The molecule has 2 amide bonds. The zero-order valence-electron chi connectivity index (χ0n) is 10.5. The number of nitrogens with one attached hydrogen (secondary N) is 2. The molecule has 0 bridgehead atoms. The van der Waals surface area contributed by atoms with E-state index >= 15 is 0 Å². The number of rotatable bonds is 2. The van der Waals surface area contributed by atoms with Gasteiger partial charge in [0, 0.05) is 0 Å². The molecule has 3 aliphatic heterocycles. The van der Waals surface area contributed by atoms with Crippen molar-refractivity contribution in [3.63, 3.8) is 0 Å². The van der Waals surface area contributed by atoms with E-state index in [9.17, 15) is 19.8 Å². The van der Waals surface area contributed by atoms with Gasteiger partial charge < -0.3 is 20.1 Å². The highest BCUT2D eigenvalue weighted by molar-refractivity contribution is 8.16. The van der Waals surface area contributed by atoms with Crippen LogP contribution in [0.25, 0.3) is 0 Å². The van der Waals surface area contributed by atoms with Gasteiger partial charge in [0.15, 0.2) is 11.5 Å². The molecule has 10 nitrogen and oxygen atoms in total. The van der Waals surface area contributed by atoms with Crippen LogP contribution in [-0.2, 0) is 9.53 Å². The quantitative estimate of drug-likeness (QED) is 0.375. The van der Waals surface area contributed by atoms with E-state index in [0.29, 0.717) is 11.8 Å². The maximum absolute atomic E-state index is 12.0. The first kappa shape index (κ1) is 14.4. The summed E-state index contributed by atoms with van der Waals surface area (Å²) in [6.45, 7) is -0.532. The number of carbonyl (C=O) groups excluding carboxylic acids is 2. The molecule has 114 valence electrons. The van der Waals surface area contributed by atoms with Gasteiger partial charge in [-0.25, -0.2) is 0 Å². The second-order valence-electron chi connectivity index (χ2n) is 4.67. The Kier molecular flexibility index (Phi) is 3.45. The molecule has 0 aliphatic carbocycles. The summed E-state index contributed by atoms with van der Waals surface area (Å²) in [4.78, 5) is 28.5. The van der Waals surface area contributed by atoms with Crippen molar-refractivity contribution >= 4 is 34.7 Å². The van der Waals surface area contributed by atoms with Crippen LogP contribution in [-0.4, -0.2) is 79.6 Å². The van der Waals surface area contributed by atoms with Gasteiger partial charge >= 0.3 is 0 Å². The Bertz CT molecular complexity index is 554. The normalized spacial score (nSPS) is 39.4. The number of carbonyl (C=O) groups is 2. The molecule has 0 aromatic carbocycles. The second-order valence-corrected chi connectivity index (χ2v) is 5.73. The minimum atomic E-state index is -1.45. The molecule has 2 saturated heterocycles. The Morgan fingerprint density at radius 1 is 1.38 bits per heavy atom. The maximum Gasteiger partial charge on any atom is 0.290 e. The first-order chi connectivity index (χ1) is 9.93. The summed E-state index contributed by atoms with van der Waals surface area (Å²) in [5.74, 6) is -0.996. The fourth-order valence-corrected chi connectivity index (χ4v) is 3.32. The average molecular weight is 316 g/mol. The fourth-order valence-electron chi connectivity index (χ4n) is 2.37. The summed E-state index contributed by atoms with van der Waals surface area (Å²) in [6, 6.07) is 0. The Morgan fingerprint density at radius 3 is 2.71 bits per heavy atom. The van der Waals surface area contributed by atoms with Gasteiger partial charge in [0.05, 0.1) is 6.61 Å². The molecule has 0 saturated carbocycles. The monoisotopic (exact) mass is 316 g/mol. The highest BCUT2D eigenvalue weighted by Crippen LogP contribution is 2.35. The highest BCUT2D eigenvalue weighted by atomic mass is 32.2. The number of hydrogen-bond donors (Lipinski definition) is 5. The molecule has 0 aromatic rings. The van der Waals surface area contributed by atoms with Crippen molar-refractivity contribution in [1.82, 2.24) is 10.2 Å². The number of aliphatic imine (C=N–C) groups is 1. The van der Waals surface area contributed by atoms with Crippen LogP contribution in [0.2, 0.25) is 0 Å². The minimum absolute atomic E-state index is 0.0198. The summed E-state index contributed by atoms with van der Waals surface area (Å²) >= 11 is 0.679. The molecule has 3 heterocycles. The third-order valence-corrected chi connectivity index (χ3v) is 4.43. The summed E-state index contributed by atoms with van der Waals surface area (Å²) < 4.78 is 5.27. The maximum atomic E-state index is 12.0. The molecule has 5 unspecified atom stereocenters. The number of aliphatic hydroxyl groups is 3. The molecular weight excluding hydrogens is 304 g/mol. The van der Waals surface area contributed by atoms with Crippen LogP contribution in [0.1, 0.15) is 0 Å². The van der Waals surface area contributed by atoms with Gasteiger partial charge in [0.25, 0.3) is 5.24 Å². The van der Waals surface area contributed by atoms with Crippen molar-refractivity contribution in [1.29, 1.82) is 5.41 Å². The van der Waals surface area contributed by atoms with Gasteiger partial charge in [0.1, 0.15) is 24.1 Å². The third-order valence-electron chi connectivity index (χ3n) is 3.37. The minimum Gasteiger partial charge on any atom is -0.394 e. The van der Waals surface area contributed by atoms with E-state index in [0.717, 1.165) is 4.90 Å². The number of fused-ring (bicyclic) bond motifs is 1. The summed E-state index contributed by atoms with van der Waals surface area (Å²) in [6.07, 6.45) is -5.12. The van der Waals surface area contributed by atoms with Crippen molar-refractivity contribution in [2.24, 2.45) is 4.99 Å². The van der Waals surface area contributed by atoms with Crippen molar-refractivity contribution in [2.45, 2.75) is 29.8 Å². The van der Waals surface area contributed by atoms with Gasteiger partial charge in [-0.05, 0) is 11.8 Å². The molecular formula is C10H12N4O6S. The van der Waals surface area contributed by atoms with E-state index in [1.54, 1.807) is 0 Å². The predicted octanol–water partition coefficient (Wildman–Crippen LogP) is -2.57. The average Bonchev–Trinajstić information content (AvgIpc) is 2.89. The number of guanidine groups is 1. The molecule has 0 aromatic heterocycles. The molecule has 3 aliphatic rings. The van der Waals surface area contributed by atoms with Gasteiger partial charge in [-0.15, -0.1) is 0 Å². The molecule has 5 atom stereocenters. The van der Waals surface area contributed by atoms with E-state index in [1.807, 2.05) is 0 Å². The number of amidine groups is 1. The lowest BCUT2D eigenvalue weighted by molar-refractivity contribution is -0.118. The standard InChI is InChI=1S/C10H12N4O6S/c11-9-12-6-5(7(18)13-9)21-10(19)14(6)8-4(17)3(16)2(1-15)20-8/h2-5,8,15-17H,1H2,(H2,11,13,18). The number of hydrogen-bond acceptors (Lipinski definition) is 8. The van der Waals surface area contributed by atoms with E-state index in [1.165, 1.54) is 0 Å². The Hall–Kier alpha value is -1.53. The van der Waals surface area contributed by atoms with Crippen LogP contribution < -0.4 is 5.32 Å². The molecule has 21 heavy (non-hydrogen) atoms. The largest absolute Gasteiger partial charge is 0.394 e. The lowest BCUT2D eigenvalue weighted by atomic mass is 10.1. The van der Waals surface area contributed by atoms with Gasteiger partial charge in [0.2, 0.25) is 11.9 Å². The molecule has 0 radical (unpaired) electrons.